The first-order valence-corrected chi connectivity index (χ1v) is 4.85. The Morgan fingerprint density at radius 3 is 2.39 bits per heavy atom. The van der Waals surface area contributed by atoms with Gasteiger partial charge >= 0.3 is 12.1 Å². The van der Waals surface area contributed by atoms with Crippen molar-refractivity contribution < 1.29 is 22.4 Å². The Hall–Kier alpha value is -2.09. The zero-order valence-corrected chi connectivity index (χ0v) is 8.94. The molecule has 1 aromatic heterocycles. The number of nitrogens with zero attached hydrogens (tertiary/aromatic N) is 2. The summed E-state index contributed by atoms with van der Waals surface area (Å²) >= 11 is 0. The molecule has 0 fully saturated rings. The summed E-state index contributed by atoms with van der Waals surface area (Å²) in [6.45, 7) is 0.0137. The highest BCUT2D eigenvalue weighted by Gasteiger charge is 2.38. The van der Waals surface area contributed by atoms with Crippen LogP contribution in [0.25, 0.3) is 11.4 Å². The molecule has 0 radical (unpaired) electrons. The monoisotopic (exact) mass is 259 g/mol. The van der Waals surface area contributed by atoms with Crippen LogP contribution in [0.5, 0.6) is 5.75 Å². The van der Waals surface area contributed by atoms with E-state index in [2.05, 4.69) is 14.7 Å². The molecule has 0 bridgehead atoms. The average molecular weight is 259 g/mol. The van der Waals surface area contributed by atoms with Gasteiger partial charge in [-0.1, -0.05) is 5.16 Å². The van der Waals surface area contributed by atoms with Crippen LogP contribution >= 0.6 is 0 Å². The van der Waals surface area contributed by atoms with Gasteiger partial charge in [0, 0.05) is 5.56 Å². The van der Waals surface area contributed by atoms with E-state index in [0.717, 1.165) is 0 Å². The Kier molecular flexibility index (Phi) is 3.19. The highest BCUT2D eigenvalue weighted by atomic mass is 19.4. The van der Waals surface area contributed by atoms with Crippen LogP contribution in [0.4, 0.5) is 13.2 Å². The van der Waals surface area contributed by atoms with E-state index in [1.165, 1.54) is 12.1 Å². The van der Waals surface area contributed by atoms with E-state index < -0.39 is 12.1 Å². The number of ether oxygens (including phenoxy) is 1. The summed E-state index contributed by atoms with van der Waals surface area (Å²) in [5, 5.41) is 3.26. The molecule has 0 aliphatic heterocycles. The molecule has 2 N–H and O–H groups in total. The molecule has 2 aromatic rings. The van der Waals surface area contributed by atoms with Gasteiger partial charge < -0.3 is 9.26 Å². The average Bonchev–Trinajstić information content (AvgIpc) is 2.79. The molecule has 0 unspecified atom stereocenters. The smallest absolute Gasteiger partial charge is 0.471 e. The van der Waals surface area contributed by atoms with Crippen molar-refractivity contribution >= 4 is 0 Å². The number of halogens is 3. The summed E-state index contributed by atoms with van der Waals surface area (Å²) in [4.78, 5) is 3.26. The van der Waals surface area contributed by atoms with Crippen LogP contribution in [0.2, 0.25) is 0 Å². The summed E-state index contributed by atoms with van der Waals surface area (Å²) in [6.07, 6.45) is -4.64. The molecular formula is C10H8F3N3O2. The molecule has 96 valence electrons. The number of hydrogen-bond donors (Lipinski definition) is 1. The molecule has 0 amide bonds. The molecule has 0 spiro atoms. The van der Waals surface area contributed by atoms with Crippen LogP contribution in [-0.2, 0) is 6.18 Å². The Balaban J connectivity index is 2.23. The fourth-order valence-corrected chi connectivity index (χ4v) is 1.25. The van der Waals surface area contributed by atoms with Gasteiger partial charge in [0.15, 0.2) is 0 Å². The molecule has 0 aliphatic rings. The number of hydrogen-bond acceptors (Lipinski definition) is 5. The third-order valence-electron chi connectivity index (χ3n) is 2.03. The third kappa shape index (κ3) is 2.59. The SMILES string of the molecule is NCOc1ccc(-c2noc(C(F)(F)F)n2)cc1. The number of nitrogens with two attached hydrogens (primary N) is 1. The van der Waals surface area contributed by atoms with Crippen molar-refractivity contribution in [1.29, 1.82) is 0 Å². The van der Waals surface area contributed by atoms with Crippen LogP contribution in [-0.4, -0.2) is 16.9 Å². The molecule has 2 rings (SSSR count). The Morgan fingerprint density at radius 1 is 1.22 bits per heavy atom. The van der Waals surface area contributed by atoms with E-state index in [1.807, 2.05) is 0 Å². The molecule has 1 heterocycles. The van der Waals surface area contributed by atoms with E-state index in [-0.39, 0.29) is 12.6 Å². The lowest BCUT2D eigenvalue weighted by Gasteiger charge is -2.02. The maximum Gasteiger partial charge on any atom is 0.471 e. The van der Waals surface area contributed by atoms with E-state index in [1.54, 1.807) is 12.1 Å². The predicted octanol–water partition coefficient (Wildman–Crippen LogP) is 2.05. The van der Waals surface area contributed by atoms with E-state index >= 15 is 0 Å². The number of benzene rings is 1. The van der Waals surface area contributed by atoms with Crippen LogP contribution in [0.15, 0.2) is 28.8 Å². The summed E-state index contributed by atoms with van der Waals surface area (Å²) in [5.41, 5.74) is 5.56. The van der Waals surface area contributed by atoms with Crippen molar-refractivity contribution in [2.24, 2.45) is 5.73 Å². The number of rotatable bonds is 3. The lowest BCUT2D eigenvalue weighted by atomic mass is 10.2. The van der Waals surface area contributed by atoms with Crippen molar-refractivity contribution in [1.82, 2.24) is 10.1 Å². The molecule has 0 saturated heterocycles. The number of aromatic nitrogens is 2. The molecule has 0 atom stereocenters. The fraction of sp³-hybridized carbons (Fsp3) is 0.200. The lowest BCUT2D eigenvalue weighted by molar-refractivity contribution is -0.159. The summed E-state index contributed by atoms with van der Waals surface area (Å²) < 4.78 is 45.9. The van der Waals surface area contributed by atoms with Gasteiger partial charge in [-0.05, 0) is 24.3 Å². The molecule has 1 aromatic carbocycles. The van der Waals surface area contributed by atoms with E-state index in [0.29, 0.717) is 11.3 Å². The maximum atomic E-state index is 12.3. The van der Waals surface area contributed by atoms with Crippen LogP contribution < -0.4 is 10.5 Å². The molecular weight excluding hydrogens is 251 g/mol. The van der Waals surface area contributed by atoms with Gasteiger partial charge in [0.05, 0.1) is 0 Å². The van der Waals surface area contributed by atoms with Gasteiger partial charge in [-0.2, -0.15) is 18.2 Å². The lowest BCUT2D eigenvalue weighted by Crippen LogP contribution is -2.07. The second-order valence-corrected chi connectivity index (χ2v) is 3.26. The van der Waals surface area contributed by atoms with Crippen molar-refractivity contribution in [3.8, 4) is 17.1 Å². The minimum atomic E-state index is -4.64. The second-order valence-electron chi connectivity index (χ2n) is 3.26. The summed E-state index contributed by atoms with van der Waals surface area (Å²) in [6, 6.07) is 6.11. The molecule has 18 heavy (non-hydrogen) atoms. The topological polar surface area (TPSA) is 74.2 Å². The highest BCUT2D eigenvalue weighted by molar-refractivity contribution is 5.55. The van der Waals surface area contributed by atoms with Gasteiger partial charge in [-0.25, -0.2) is 0 Å². The van der Waals surface area contributed by atoms with Crippen molar-refractivity contribution in [3.05, 3.63) is 30.2 Å². The van der Waals surface area contributed by atoms with Gasteiger partial charge in [-0.3, -0.25) is 5.73 Å². The Morgan fingerprint density at radius 2 is 1.89 bits per heavy atom. The molecule has 0 saturated carbocycles. The third-order valence-corrected chi connectivity index (χ3v) is 2.03. The van der Waals surface area contributed by atoms with Crippen LogP contribution in [0.3, 0.4) is 0 Å². The minimum Gasteiger partial charge on any atom is -0.479 e. The zero-order chi connectivity index (χ0) is 13.2. The predicted molar refractivity (Wildman–Crippen MR) is 54.4 cm³/mol. The molecule has 8 heteroatoms. The first kappa shape index (κ1) is 12.4. The molecule has 5 nitrogen and oxygen atoms in total. The summed E-state index contributed by atoms with van der Waals surface area (Å²) in [7, 11) is 0. The first-order chi connectivity index (χ1) is 8.50. The van der Waals surface area contributed by atoms with Gasteiger partial charge in [0.2, 0.25) is 5.82 Å². The molecule has 0 aliphatic carbocycles. The minimum absolute atomic E-state index is 0.0137. The standard InChI is InChI=1S/C10H8F3N3O2/c11-10(12,13)9-15-8(16-18-9)6-1-3-7(4-2-6)17-5-14/h1-4H,5,14H2. The van der Waals surface area contributed by atoms with E-state index in [9.17, 15) is 13.2 Å². The largest absolute Gasteiger partial charge is 0.479 e. The quantitative estimate of drug-likeness (QED) is 0.854. The van der Waals surface area contributed by atoms with E-state index in [4.69, 9.17) is 10.5 Å². The number of alkyl halides is 3. The van der Waals surface area contributed by atoms with Gasteiger partial charge in [0.25, 0.3) is 0 Å². The summed E-state index contributed by atoms with van der Waals surface area (Å²) in [5.74, 6) is -1.01. The Labute approximate surface area is 99.4 Å². The second kappa shape index (κ2) is 4.65. The first-order valence-electron chi connectivity index (χ1n) is 4.85. The van der Waals surface area contributed by atoms with Gasteiger partial charge in [-0.15, -0.1) is 0 Å². The normalized spacial score (nSPS) is 11.6. The zero-order valence-electron chi connectivity index (χ0n) is 8.94. The van der Waals surface area contributed by atoms with Gasteiger partial charge in [0.1, 0.15) is 12.5 Å². The van der Waals surface area contributed by atoms with Crippen molar-refractivity contribution in [2.45, 2.75) is 6.18 Å². The van der Waals surface area contributed by atoms with Crippen LogP contribution in [0, 0.1) is 0 Å². The van der Waals surface area contributed by atoms with Crippen LogP contribution in [0.1, 0.15) is 5.89 Å². The highest BCUT2D eigenvalue weighted by Crippen LogP contribution is 2.29. The van der Waals surface area contributed by atoms with Crippen molar-refractivity contribution in [2.75, 3.05) is 6.73 Å². The fourth-order valence-electron chi connectivity index (χ4n) is 1.25. The maximum absolute atomic E-state index is 12.3. The van der Waals surface area contributed by atoms with Crippen molar-refractivity contribution in [3.63, 3.8) is 0 Å². The Bertz CT molecular complexity index is 522.